The average Bonchev–Trinajstić information content (AvgIpc) is 3.94. The minimum absolute atomic E-state index is 0.544. The molecule has 318 valence electrons. The molecule has 0 aliphatic heterocycles. The molecule has 4 heterocycles. The van der Waals surface area contributed by atoms with Crippen LogP contribution < -0.4 is 0 Å². The maximum absolute atomic E-state index is 5.33. The molecule has 0 atom stereocenters. The third-order valence-corrected chi connectivity index (χ3v) is 12.8. The van der Waals surface area contributed by atoms with Gasteiger partial charge >= 0.3 is 0 Å². The molecular weight excluding hydrogens is 831 g/mol. The van der Waals surface area contributed by atoms with Crippen molar-refractivity contribution in [3.05, 3.63) is 237 Å². The van der Waals surface area contributed by atoms with Crippen LogP contribution in [0.2, 0.25) is 0 Å². The SMILES string of the molecule is c1ccc(-c2cc(-c3ccc(-n4c5ccccc5c5cc(-n6c7ccccc7c7ccccc76)ccc54)c(-c4nc(-c5ccccc5)nc(-c5ccccc5)n4)c3)nc(-c3ccccc3)n2)cc1. The van der Waals surface area contributed by atoms with Crippen molar-refractivity contribution in [2.24, 2.45) is 0 Å². The van der Waals surface area contributed by atoms with Crippen molar-refractivity contribution in [3.63, 3.8) is 0 Å². The van der Waals surface area contributed by atoms with Crippen molar-refractivity contribution >= 4 is 43.6 Å². The third-order valence-electron chi connectivity index (χ3n) is 12.8. The van der Waals surface area contributed by atoms with Crippen LogP contribution in [0.5, 0.6) is 0 Å². The van der Waals surface area contributed by atoms with E-state index in [1.165, 1.54) is 21.8 Å². The lowest BCUT2D eigenvalue weighted by molar-refractivity contribution is 1.06. The van der Waals surface area contributed by atoms with Crippen molar-refractivity contribution in [1.29, 1.82) is 0 Å². The summed E-state index contributed by atoms with van der Waals surface area (Å²) in [5.74, 6) is 2.36. The van der Waals surface area contributed by atoms with Gasteiger partial charge in [-0.05, 0) is 54.6 Å². The fourth-order valence-electron chi connectivity index (χ4n) is 9.63. The molecule has 9 aromatic carbocycles. The van der Waals surface area contributed by atoms with E-state index in [-0.39, 0.29) is 0 Å². The Kier molecular flexibility index (Phi) is 9.35. The predicted octanol–water partition coefficient (Wildman–Crippen LogP) is 14.9. The first-order chi connectivity index (χ1) is 33.7. The van der Waals surface area contributed by atoms with Crippen LogP contribution >= 0.6 is 0 Å². The van der Waals surface area contributed by atoms with Gasteiger partial charge in [0, 0.05) is 60.6 Å². The Labute approximate surface area is 392 Å². The molecule has 0 amide bonds. The molecule has 0 saturated heterocycles. The Bertz CT molecular complexity index is 3840. The third kappa shape index (κ3) is 6.72. The highest BCUT2D eigenvalue weighted by Crippen LogP contribution is 2.41. The summed E-state index contributed by atoms with van der Waals surface area (Å²) in [4.78, 5) is 26.1. The quantitative estimate of drug-likeness (QED) is 0.152. The summed E-state index contributed by atoms with van der Waals surface area (Å²) >= 11 is 0. The van der Waals surface area contributed by atoms with Crippen molar-refractivity contribution in [1.82, 2.24) is 34.1 Å². The second-order valence-electron chi connectivity index (χ2n) is 16.9. The van der Waals surface area contributed by atoms with Gasteiger partial charge in [-0.2, -0.15) is 0 Å². The van der Waals surface area contributed by atoms with Crippen LogP contribution in [0.25, 0.3) is 123 Å². The summed E-state index contributed by atoms with van der Waals surface area (Å²) in [7, 11) is 0. The molecule has 68 heavy (non-hydrogen) atoms. The molecule has 0 aliphatic rings. The predicted molar refractivity (Wildman–Crippen MR) is 277 cm³/mol. The molecular formula is C61H39N7. The van der Waals surface area contributed by atoms with Gasteiger partial charge in [0.15, 0.2) is 23.3 Å². The van der Waals surface area contributed by atoms with E-state index in [9.17, 15) is 0 Å². The fourth-order valence-corrected chi connectivity index (χ4v) is 9.63. The Morgan fingerprint density at radius 3 is 1.21 bits per heavy atom. The first kappa shape index (κ1) is 39.1. The minimum Gasteiger partial charge on any atom is -0.309 e. The lowest BCUT2D eigenvalue weighted by Crippen LogP contribution is -2.04. The molecule has 0 spiro atoms. The molecule has 0 unspecified atom stereocenters. The van der Waals surface area contributed by atoms with Gasteiger partial charge < -0.3 is 9.13 Å². The topological polar surface area (TPSA) is 74.3 Å². The second kappa shape index (κ2) is 16.3. The maximum Gasteiger partial charge on any atom is 0.166 e. The summed E-state index contributed by atoms with van der Waals surface area (Å²) in [6.45, 7) is 0. The molecule has 0 radical (unpaired) electrons. The van der Waals surface area contributed by atoms with E-state index in [0.29, 0.717) is 23.3 Å². The van der Waals surface area contributed by atoms with Crippen LogP contribution in [0.1, 0.15) is 0 Å². The lowest BCUT2D eigenvalue weighted by Gasteiger charge is -2.17. The summed E-state index contributed by atoms with van der Waals surface area (Å²) < 4.78 is 4.74. The highest BCUT2D eigenvalue weighted by molar-refractivity contribution is 6.12. The van der Waals surface area contributed by atoms with Crippen molar-refractivity contribution in [2.45, 2.75) is 0 Å². The van der Waals surface area contributed by atoms with Crippen LogP contribution in [0.4, 0.5) is 0 Å². The van der Waals surface area contributed by atoms with E-state index in [1.807, 2.05) is 97.1 Å². The number of nitrogens with zero attached hydrogens (tertiary/aromatic N) is 7. The zero-order valence-electron chi connectivity index (χ0n) is 36.6. The monoisotopic (exact) mass is 869 g/mol. The zero-order chi connectivity index (χ0) is 45.0. The first-order valence-corrected chi connectivity index (χ1v) is 22.8. The van der Waals surface area contributed by atoms with Gasteiger partial charge in [0.25, 0.3) is 0 Å². The number of aromatic nitrogens is 7. The number of fused-ring (bicyclic) bond motifs is 6. The average molecular weight is 870 g/mol. The summed E-state index contributed by atoms with van der Waals surface area (Å²) in [6.07, 6.45) is 0. The molecule has 0 N–H and O–H groups in total. The highest BCUT2D eigenvalue weighted by Gasteiger charge is 2.22. The molecule has 7 heteroatoms. The molecule has 0 saturated carbocycles. The van der Waals surface area contributed by atoms with Crippen LogP contribution in [0.3, 0.4) is 0 Å². The molecule has 13 rings (SSSR count). The van der Waals surface area contributed by atoms with Crippen LogP contribution in [0, 0.1) is 0 Å². The van der Waals surface area contributed by atoms with Gasteiger partial charge in [-0.25, -0.2) is 24.9 Å². The minimum atomic E-state index is 0.544. The number of benzene rings is 9. The van der Waals surface area contributed by atoms with Crippen LogP contribution in [0.15, 0.2) is 237 Å². The summed E-state index contributed by atoms with van der Waals surface area (Å²) in [5, 5.41) is 4.73. The Morgan fingerprint density at radius 2 is 0.662 bits per heavy atom. The lowest BCUT2D eigenvalue weighted by atomic mass is 10.0. The normalized spacial score (nSPS) is 11.5. The number of rotatable bonds is 8. The molecule has 7 nitrogen and oxygen atoms in total. The van der Waals surface area contributed by atoms with E-state index in [1.54, 1.807) is 0 Å². The standard InChI is InChI=1S/C61H39N7/c1-5-19-40(20-6-1)51-39-52(63-58(62-51)41-21-7-2-8-22-41)44-33-35-57(50(37-44)61-65-59(42-23-9-3-10-24-42)64-60(66-61)43-25-11-4-12-26-43)68-55-32-18-15-29-48(55)49-38-45(34-36-56(49)68)67-53-30-16-13-27-46(53)47-28-14-17-31-54(47)67/h1-39H. The number of hydrogen-bond acceptors (Lipinski definition) is 5. The largest absolute Gasteiger partial charge is 0.309 e. The van der Waals surface area contributed by atoms with Gasteiger partial charge in [0.1, 0.15) is 0 Å². The van der Waals surface area contributed by atoms with E-state index in [0.717, 1.165) is 77.9 Å². The van der Waals surface area contributed by atoms with E-state index < -0.39 is 0 Å². The number of para-hydroxylation sites is 3. The van der Waals surface area contributed by atoms with E-state index in [4.69, 9.17) is 24.9 Å². The van der Waals surface area contributed by atoms with Gasteiger partial charge in [-0.1, -0.05) is 182 Å². The van der Waals surface area contributed by atoms with E-state index in [2.05, 4.69) is 149 Å². The van der Waals surface area contributed by atoms with Gasteiger partial charge in [-0.3, -0.25) is 0 Å². The van der Waals surface area contributed by atoms with E-state index >= 15 is 0 Å². The maximum atomic E-state index is 5.33. The highest BCUT2D eigenvalue weighted by atomic mass is 15.1. The molecule has 0 fully saturated rings. The fraction of sp³-hybridized carbons (Fsp3) is 0. The Balaban J connectivity index is 1.08. The molecule has 13 aromatic rings. The Morgan fingerprint density at radius 1 is 0.250 bits per heavy atom. The van der Waals surface area contributed by atoms with Gasteiger partial charge in [0.05, 0.1) is 39.1 Å². The summed E-state index contributed by atoms with van der Waals surface area (Å²) in [6, 6.07) is 82.1. The molecule has 0 bridgehead atoms. The number of hydrogen-bond donors (Lipinski definition) is 0. The first-order valence-electron chi connectivity index (χ1n) is 22.8. The van der Waals surface area contributed by atoms with Gasteiger partial charge in [-0.15, -0.1) is 0 Å². The Hall–Kier alpha value is -9.33. The molecule has 4 aromatic heterocycles. The molecule has 0 aliphatic carbocycles. The second-order valence-corrected chi connectivity index (χ2v) is 16.9. The van der Waals surface area contributed by atoms with Crippen molar-refractivity contribution in [2.75, 3.05) is 0 Å². The smallest absolute Gasteiger partial charge is 0.166 e. The summed E-state index contributed by atoms with van der Waals surface area (Å²) in [5.41, 5.74) is 13.6. The van der Waals surface area contributed by atoms with Gasteiger partial charge in [0.2, 0.25) is 0 Å². The van der Waals surface area contributed by atoms with Crippen LogP contribution in [-0.2, 0) is 0 Å². The van der Waals surface area contributed by atoms with Crippen molar-refractivity contribution < 1.29 is 0 Å². The zero-order valence-corrected chi connectivity index (χ0v) is 36.6. The van der Waals surface area contributed by atoms with Crippen molar-refractivity contribution in [3.8, 4) is 79.4 Å². The van der Waals surface area contributed by atoms with Crippen LogP contribution in [-0.4, -0.2) is 34.1 Å².